The van der Waals surface area contributed by atoms with Gasteiger partial charge in [0.05, 0.1) is 5.56 Å². The molecule has 0 radical (unpaired) electrons. The van der Waals surface area contributed by atoms with E-state index in [4.69, 9.17) is 0 Å². The largest absolute Gasteiger partial charge is 0.288 e. The Morgan fingerprint density at radius 2 is 1.79 bits per heavy atom. The molecule has 0 fully saturated rings. The molecule has 0 saturated heterocycles. The van der Waals surface area contributed by atoms with Crippen molar-refractivity contribution in [3.8, 4) is 0 Å². The third kappa shape index (κ3) is 2.59. The van der Waals surface area contributed by atoms with E-state index in [-0.39, 0.29) is 11.1 Å². The van der Waals surface area contributed by atoms with Crippen LogP contribution in [0.5, 0.6) is 0 Å². The Labute approximate surface area is 118 Å². The third-order valence-electron chi connectivity index (χ3n) is 2.88. The summed E-state index contributed by atoms with van der Waals surface area (Å²) in [6.07, 6.45) is 0. The lowest BCUT2D eigenvalue weighted by molar-refractivity contribution is 0.103. The molecule has 1 nitrogen and oxygen atoms in total. The quantitative estimate of drug-likeness (QED) is 0.739. The van der Waals surface area contributed by atoms with E-state index in [2.05, 4.69) is 15.9 Å². The van der Waals surface area contributed by atoms with Crippen molar-refractivity contribution < 1.29 is 13.6 Å². The van der Waals surface area contributed by atoms with Gasteiger partial charge in [-0.15, -0.1) is 0 Å². The maximum atomic E-state index is 14.0. The molecule has 2 aromatic rings. The fraction of sp³-hybridized carbons (Fsp3) is 0.133. The van der Waals surface area contributed by atoms with Crippen molar-refractivity contribution in [1.82, 2.24) is 0 Å². The number of benzene rings is 2. The summed E-state index contributed by atoms with van der Waals surface area (Å²) in [7, 11) is 0. The van der Waals surface area contributed by atoms with Gasteiger partial charge in [-0.1, -0.05) is 33.6 Å². The molecule has 0 atom stereocenters. The van der Waals surface area contributed by atoms with Gasteiger partial charge < -0.3 is 0 Å². The average Bonchev–Trinajstić information content (AvgIpc) is 2.37. The molecule has 4 heteroatoms. The highest BCUT2D eigenvalue weighted by Gasteiger charge is 2.22. The Bertz CT molecular complexity index is 665. The lowest BCUT2D eigenvalue weighted by atomic mass is 9.99. The van der Waals surface area contributed by atoms with Gasteiger partial charge in [0.2, 0.25) is 0 Å². The van der Waals surface area contributed by atoms with Crippen LogP contribution in [0.4, 0.5) is 8.78 Å². The first-order valence-corrected chi connectivity index (χ1v) is 6.46. The maximum absolute atomic E-state index is 14.0. The Morgan fingerprint density at radius 3 is 2.47 bits per heavy atom. The van der Waals surface area contributed by atoms with Gasteiger partial charge in [-0.25, -0.2) is 8.78 Å². The van der Waals surface area contributed by atoms with Gasteiger partial charge >= 0.3 is 0 Å². The molecular weight excluding hydrogens is 314 g/mol. The number of hydrogen-bond donors (Lipinski definition) is 0. The predicted octanol–water partition coefficient (Wildman–Crippen LogP) is 4.58. The molecule has 98 valence electrons. The van der Waals surface area contributed by atoms with Crippen molar-refractivity contribution >= 4 is 21.7 Å². The summed E-state index contributed by atoms with van der Waals surface area (Å²) in [5.74, 6) is -2.31. The third-order valence-corrected chi connectivity index (χ3v) is 3.57. The summed E-state index contributed by atoms with van der Waals surface area (Å²) in [5.41, 5.74) is 0.836. The fourth-order valence-corrected chi connectivity index (χ4v) is 2.24. The van der Waals surface area contributed by atoms with Crippen LogP contribution in [0.3, 0.4) is 0 Å². The molecule has 0 spiro atoms. The highest BCUT2D eigenvalue weighted by molar-refractivity contribution is 9.10. The van der Waals surface area contributed by atoms with Crippen LogP contribution in [0, 0.1) is 25.5 Å². The van der Waals surface area contributed by atoms with Crippen molar-refractivity contribution in [2.45, 2.75) is 13.8 Å². The van der Waals surface area contributed by atoms with Crippen molar-refractivity contribution in [3.63, 3.8) is 0 Å². The van der Waals surface area contributed by atoms with E-state index in [1.807, 2.05) is 13.0 Å². The van der Waals surface area contributed by atoms with Crippen molar-refractivity contribution in [2.75, 3.05) is 0 Å². The number of aryl methyl sites for hydroxylation is 2. The molecular formula is C15H11BrF2O. The molecule has 19 heavy (non-hydrogen) atoms. The first-order valence-electron chi connectivity index (χ1n) is 5.67. The van der Waals surface area contributed by atoms with E-state index in [9.17, 15) is 13.6 Å². The first kappa shape index (κ1) is 13.9. The number of rotatable bonds is 2. The first-order chi connectivity index (χ1) is 8.91. The number of ketones is 1. The highest BCUT2D eigenvalue weighted by atomic mass is 79.9. The van der Waals surface area contributed by atoms with Gasteiger partial charge in [0.15, 0.2) is 5.78 Å². The van der Waals surface area contributed by atoms with Crippen LogP contribution in [0.25, 0.3) is 0 Å². The van der Waals surface area contributed by atoms with Crippen molar-refractivity contribution in [1.29, 1.82) is 0 Å². The average molecular weight is 325 g/mol. The summed E-state index contributed by atoms with van der Waals surface area (Å²) in [6, 6.07) is 7.52. The molecule has 0 saturated carbocycles. The molecule has 2 rings (SSSR count). The van der Waals surface area contributed by atoms with E-state index < -0.39 is 23.0 Å². The van der Waals surface area contributed by atoms with Crippen molar-refractivity contribution in [3.05, 3.63) is 68.7 Å². The van der Waals surface area contributed by atoms with Crippen LogP contribution in [0.2, 0.25) is 0 Å². The maximum Gasteiger partial charge on any atom is 0.200 e. The summed E-state index contributed by atoms with van der Waals surface area (Å²) in [4.78, 5) is 12.3. The fourth-order valence-electron chi connectivity index (χ4n) is 1.81. The zero-order valence-electron chi connectivity index (χ0n) is 10.4. The van der Waals surface area contributed by atoms with Crippen LogP contribution in [-0.4, -0.2) is 5.78 Å². The van der Waals surface area contributed by atoms with E-state index in [1.54, 1.807) is 12.1 Å². The van der Waals surface area contributed by atoms with Gasteiger partial charge in [0, 0.05) is 10.0 Å². The van der Waals surface area contributed by atoms with Crippen LogP contribution >= 0.6 is 15.9 Å². The van der Waals surface area contributed by atoms with E-state index in [0.717, 1.165) is 11.6 Å². The molecule has 0 aliphatic heterocycles. The minimum atomic E-state index is -0.846. The number of carbonyl (C=O) groups is 1. The van der Waals surface area contributed by atoms with Crippen LogP contribution in [0.15, 0.2) is 34.8 Å². The Kier molecular flexibility index (Phi) is 3.80. The van der Waals surface area contributed by atoms with E-state index >= 15 is 0 Å². The topological polar surface area (TPSA) is 17.1 Å². The number of hydrogen-bond acceptors (Lipinski definition) is 1. The second-order valence-electron chi connectivity index (χ2n) is 4.37. The highest BCUT2D eigenvalue weighted by Crippen LogP contribution is 2.25. The van der Waals surface area contributed by atoms with Gasteiger partial charge in [0.1, 0.15) is 11.6 Å². The smallest absolute Gasteiger partial charge is 0.200 e. The molecule has 2 aromatic carbocycles. The predicted molar refractivity (Wildman–Crippen MR) is 73.4 cm³/mol. The zero-order valence-corrected chi connectivity index (χ0v) is 12.0. The minimum absolute atomic E-state index is 0.244. The molecule has 0 aliphatic carbocycles. The second-order valence-corrected chi connectivity index (χ2v) is 5.22. The summed E-state index contributed by atoms with van der Waals surface area (Å²) in [5, 5.41) is 0. The van der Waals surface area contributed by atoms with Gasteiger partial charge in [-0.05, 0) is 37.6 Å². The number of halogens is 3. The van der Waals surface area contributed by atoms with Crippen LogP contribution < -0.4 is 0 Å². The Hall–Kier alpha value is -1.55. The molecule has 0 N–H and O–H groups in total. The normalized spacial score (nSPS) is 10.6. The van der Waals surface area contributed by atoms with Crippen LogP contribution in [-0.2, 0) is 0 Å². The van der Waals surface area contributed by atoms with Crippen LogP contribution in [0.1, 0.15) is 27.0 Å². The Morgan fingerprint density at radius 1 is 1.11 bits per heavy atom. The Balaban J connectivity index is 2.63. The summed E-state index contributed by atoms with van der Waals surface area (Å²) in [6.45, 7) is 3.31. The molecule has 0 heterocycles. The molecule has 0 bridgehead atoms. The zero-order chi connectivity index (χ0) is 14.2. The standard InChI is InChI=1S/C15H11BrF2O/c1-8-3-5-11(16)10(7-8)15(19)13-12(17)6-4-9(2)14(13)18/h3-7H,1-2H3. The van der Waals surface area contributed by atoms with Gasteiger partial charge in [0.25, 0.3) is 0 Å². The van der Waals surface area contributed by atoms with Gasteiger partial charge in [-0.2, -0.15) is 0 Å². The lowest BCUT2D eigenvalue weighted by Crippen LogP contribution is -2.09. The second kappa shape index (κ2) is 5.21. The molecule has 0 unspecified atom stereocenters. The van der Waals surface area contributed by atoms with Crippen molar-refractivity contribution in [2.24, 2.45) is 0 Å². The lowest BCUT2D eigenvalue weighted by Gasteiger charge is -2.08. The monoisotopic (exact) mass is 324 g/mol. The number of carbonyl (C=O) groups excluding carboxylic acids is 1. The van der Waals surface area contributed by atoms with Gasteiger partial charge in [-0.3, -0.25) is 4.79 Å². The molecule has 0 aliphatic rings. The SMILES string of the molecule is Cc1ccc(Br)c(C(=O)c2c(F)ccc(C)c2F)c1. The molecule has 0 amide bonds. The molecule has 0 aromatic heterocycles. The van der Waals surface area contributed by atoms with E-state index in [1.165, 1.54) is 13.0 Å². The van der Waals surface area contributed by atoms with E-state index in [0.29, 0.717) is 4.47 Å². The summed E-state index contributed by atoms with van der Waals surface area (Å²) >= 11 is 3.23. The summed E-state index contributed by atoms with van der Waals surface area (Å²) < 4.78 is 28.2. The minimum Gasteiger partial charge on any atom is -0.288 e.